The van der Waals surface area contributed by atoms with Crippen LogP contribution < -0.4 is 5.32 Å². The smallest absolute Gasteiger partial charge is 0.252 e. The largest absolute Gasteiger partial charge is 0.364 e. The van der Waals surface area contributed by atoms with Crippen molar-refractivity contribution < 1.29 is 9.53 Å². The van der Waals surface area contributed by atoms with Gasteiger partial charge in [0, 0.05) is 17.4 Å². The van der Waals surface area contributed by atoms with Crippen molar-refractivity contribution in [2.75, 3.05) is 13.2 Å². The van der Waals surface area contributed by atoms with Gasteiger partial charge in [-0.1, -0.05) is 44.2 Å². The molecule has 4 atom stereocenters. The lowest BCUT2D eigenvalue weighted by molar-refractivity contribution is -0.155. The third-order valence-corrected chi connectivity index (χ3v) is 7.11. The molecule has 1 aliphatic heterocycles. The molecule has 3 fully saturated rings. The van der Waals surface area contributed by atoms with E-state index >= 15 is 0 Å². The Morgan fingerprint density at radius 3 is 2.77 bits per heavy atom. The zero-order valence-electron chi connectivity index (χ0n) is 13.5. The van der Waals surface area contributed by atoms with E-state index in [-0.39, 0.29) is 16.7 Å². The predicted octanol–water partition coefficient (Wildman–Crippen LogP) is 2.94. The molecule has 118 valence electrons. The van der Waals surface area contributed by atoms with E-state index in [0.717, 1.165) is 25.9 Å². The quantitative estimate of drug-likeness (QED) is 0.928. The highest BCUT2D eigenvalue weighted by molar-refractivity contribution is 5.88. The summed E-state index contributed by atoms with van der Waals surface area (Å²) in [5, 5.41) is 3.15. The molecule has 4 rings (SSSR count). The van der Waals surface area contributed by atoms with Crippen molar-refractivity contribution in [2.24, 2.45) is 16.7 Å². The minimum Gasteiger partial charge on any atom is -0.364 e. The van der Waals surface area contributed by atoms with E-state index in [9.17, 15) is 4.79 Å². The third kappa shape index (κ3) is 1.58. The molecule has 22 heavy (non-hydrogen) atoms. The van der Waals surface area contributed by atoms with Crippen LogP contribution in [0, 0.1) is 16.7 Å². The molecule has 2 aliphatic carbocycles. The number of ether oxygens (including phenoxy) is 1. The van der Waals surface area contributed by atoms with E-state index < -0.39 is 5.60 Å². The average molecular weight is 299 g/mol. The zero-order chi connectivity index (χ0) is 15.4. The molecule has 0 spiro atoms. The maximum Gasteiger partial charge on any atom is 0.252 e. The molecule has 0 unspecified atom stereocenters. The Hall–Kier alpha value is -1.35. The standard InChI is InChI=1S/C19H25NO2/c1-17-13-22-19(12-15(17)8-10-18(17,19)2)16(21)20-11-9-14-6-4-3-5-7-14/h3-7,15H,8-13H2,1-2H3,(H,20,21)/t15-,17+,18-,19-/m1/s1. The fourth-order valence-corrected chi connectivity index (χ4v) is 5.37. The summed E-state index contributed by atoms with van der Waals surface area (Å²) in [4.78, 5) is 12.9. The molecule has 4 bridgehead atoms. The third-order valence-electron chi connectivity index (χ3n) is 7.11. The first-order valence-electron chi connectivity index (χ1n) is 8.48. The van der Waals surface area contributed by atoms with Gasteiger partial charge < -0.3 is 10.1 Å². The van der Waals surface area contributed by atoms with Crippen LogP contribution >= 0.6 is 0 Å². The minimum absolute atomic E-state index is 0.0154. The predicted molar refractivity (Wildman–Crippen MR) is 85.4 cm³/mol. The van der Waals surface area contributed by atoms with Crippen molar-refractivity contribution in [3.8, 4) is 0 Å². The molecule has 1 amide bonds. The van der Waals surface area contributed by atoms with Crippen LogP contribution in [0.1, 0.15) is 38.7 Å². The van der Waals surface area contributed by atoms with E-state index in [2.05, 4.69) is 31.3 Å². The minimum atomic E-state index is -0.568. The monoisotopic (exact) mass is 299 g/mol. The number of benzene rings is 1. The number of amides is 1. The Labute approximate surface area is 132 Å². The Balaban J connectivity index is 1.45. The fourth-order valence-electron chi connectivity index (χ4n) is 5.37. The molecule has 2 saturated carbocycles. The second kappa shape index (κ2) is 4.58. The van der Waals surface area contributed by atoms with E-state index in [1.807, 2.05) is 18.2 Å². The van der Waals surface area contributed by atoms with E-state index in [4.69, 9.17) is 4.74 Å². The first-order valence-corrected chi connectivity index (χ1v) is 8.48. The van der Waals surface area contributed by atoms with Gasteiger partial charge in [-0.25, -0.2) is 0 Å². The van der Waals surface area contributed by atoms with Crippen LogP contribution in [0.25, 0.3) is 0 Å². The maximum absolute atomic E-state index is 12.9. The molecule has 3 heteroatoms. The first kappa shape index (κ1) is 14.3. The molecule has 1 aromatic carbocycles. The molecule has 3 nitrogen and oxygen atoms in total. The summed E-state index contributed by atoms with van der Waals surface area (Å²) in [6, 6.07) is 10.3. The Kier molecular flexibility index (Phi) is 2.96. The van der Waals surface area contributed by atoms with Crippen molar-refractivity contribution in [3.05, 3.63) is 35.9 Å². The lowest BCUT2D eigenvalue weighted by Crippen LogP contribution is -2.55. The van der Waals surface area contributed by atoms with Crippen LogP contribution in [0.15, 0.2) is 30.3 Å². The van der Waals surface area contributed by atoms with Crippen LogP contribution in [0.3, 0.4) is 0 Å². The van der Waals surface area contributed by atoms with Gasteiger partial charge in [0.25, 0.3) is 5.91 Å². The summed E-state index contributed by atoms with van der Waals surface area (Å²) in [6.07, 6.45) is 4.17. The van der Waals surface area contributed by atoms with Crippen molar-refractivity contribution in [1.29, 1.82) is 0 Å². The van der Waals surface area contributed by atoms with Gasteiger partial charge >= 0.3 is 0 Å². The summed E-state index contributed by atoms with van der Waals surface area (Å²) in [5.74, 6) is 0.781. The second-order valence-corrected chi connectivity index (χ2v) is 7.80. The van der Waals surface area contributed by atoms with Crippen LogP contribution in [-0.2, 0) is 16.0 Å². The highest BCUT2D eigenvalue weighted by Crippen LogP contribution is 2.74. The van der Waals surface area contributed by atoms with E-state index in [1.165, 1.54) is 12.0 Å². The molecule has 1 N–H and O–H groups in total. The number of hydrogen-bond donors (Lipinski definition) is 1. The van der Waals surface area contributed by atoms with Gasteiger partial charge in [-0.15, -0.1) is 0 Å². The molecule has 1 heterocycles. The molecule has 1 aromatic rings. The van der Waals surface area contributed by atoms with Gasteiger partial charge in [0.1, 0.15) is 0 Å². The lowest BCUT2D eigenvalue weighted by Gasteiger charge is -2.40. The molecular formula is C19H25NO2. The Morgan fingerprint density at radius 1 is 1.32 bits per heavy atom. The number of nitrogens with one attached hydrogen (secondary N) is 1. The number of carbonyl (C=O) groups excluding carboxylic acids is 1. The van der Waals surface area contributed by atoms with Crippen molar-refractivity contribution in [1.82, 2.24) is 5.32 Å². The van der Waals surface area contributed by atoms with Gasteiger partial charge in [0.15, 0.2) is 5.60 Å². The Morgan fingerprint density at radius 2 is 2.09 bits per heavy atom. The summed E-state index contributed by atoms with van der Waals surface area (Å²) < 4.78 is 6.13. The summed E-state index contributed by atoms with van der Waals surface area (Å²) in [6.45, 7) is 6.05. The number of rotatable bonds is 4. The van der Waals surface area contributed by atoms with Crippen molar-refractivity contribution >= 4 is 5.91 Å². The highest BCUT2D eigenvalue weighted by atomic mass is 16.5. The fraction of sp³-hybridized carbons (Fsp3) is 0.632. The van der Waals surface area contributed by atoms with Gasteiger partial charge in [-0.2, -0.15) is 0 Å². The van der Waals surface area contributed by atoms with Crippen molar-refractivity contribution in [2.45, 2.75) is 45.1 Å². The van der Waals surface area contributed by atoms with Gasteiger partial charge in [0.2, 0.25) is 0 Å². The summed E-state index contributed by atoms with van der Waals surface area (Å²) >= 11 is 0. The molecule has 1 saturated heterocycles. The topological polar surface area (TPSA) is 38.3 Å². The first-order chi connectivity index (χ1) is 10.5. The normalized spacial score (nSPS) is 41.8. The summed E-state index contributed by atoms with van der Waals surface area (Å²) in [7, 11) is 0. The maximum atomic E-state index is 12.9. The van der Waals surface area contributed by atoms with Gasteiger partial charge in [-0.3, -0.25) is 4.79 Å². The second-order valence-electron chi connectivity index (χ2n) is 7.80. The highest BCUT2D eigenvalue weighted by Gasteiger charge is 2.78. The number of carbonyl (C=O) groups is 1. The van der Waals surface area contributed by atoms with Crippen LogP contribution in [0.4, 0.5) is 0 Å². The molecule has 0 aromatic heterocycles. The van der Waals surface area contributed by atoms with Gasteiger partial charge in [-0.05, 0) is 37.2 Å². The van der Waals surface area contributed by atoms with Crippen LogP contribution in [-0.4, -0.2) is 24.7 Å². The summed E-state index contributed by atoms with van der Waals surface area (Å²) in [5.41, 5.74) is 0.906. The SMILES string of the molecule is C[C@]12CC[C@@H]3C[C@]1(C(=O)NCCc1ccccc1)OC[C@@]32C. The van der Waals surface area contributed by atoms with E-state index in [1.54, 1.807) is 0 Å². The molecule has 0 radical (unpaired) electrons. The molecular weight excluding hydrogens is 274 g/mol. The van der Waals surface area contributed by atoms with Crippen LogP contribution in [0.5, 0.6) is 0 Å². The lowest BCUT2D eigenvalue weighted by atomic mass is 9.66. The molecule has 3 aliphatic rings. The van der Waals surface area contributed by atoms with Crippen molar-refractivity contribution in [3.63, 3.8) is 0 Å². The van der Waals surface area contributed by atoms with Crippen LogP contribution in [0.2, 0.25) is 0 Å². The number of hydrogen-bond acceptors (Lipinski definition) is 2. The zero-order valence-corrected chi connectivity index (χ0v) is 13.5. The average Bonchev–Trinajstić information content (AvgIpc) is 3.00. The van der Waals surface area contributed by atoms with Gasteiger partial charge in [0.05, 0.1) is 6.61 Å². The van der Waals surface area contributed by atoms with E-state index in [0.29, 0.717) is 12.5 Å². The Bertz CT molecular complexity index is 601.